The second-order valence-corrected chi connectivity index (χ2v) is 6.33. The number of aliphatic hydroxyl groups excluding tert-OH is 1. The van der Waals surface area contributed by atoms with E-state index in [2.05, 4.69) is 44.7 Å². The fourth-order valence-electron chi connectivity index (χ4n) is 2.82. The van der Waals surface area contributed by atoms with Crippen LogP contribution in [0, 0.1) is 0 Å². The van der Waals surface area contributed by atoms with E-state index in [0.717, 1.165) is 16.5 Å². The molecule has 0 radical (unpaired) electrons. The Bertz CT molecular complexity index is 587. The zero-order valence-corrected chi connectivity index (χ0v) is 15.2. The van der Waals surface area contributed by atoms with Crippen LogP contribution in [0.4, 0.5) is 0 Å². The average molecular weight is 338 g/mol. The molecule has 2 rings (SSSR count). The van der Waals surface area contributed by atoms with Gasteiger partial charge in [0.1, 0.15) is 18.5 Å². The van der Waals surface area contributed by atoms with Crippen molar-refractivity contribution in [3.05, 3.63) is 42.5 Å². The van der Waals surface area contributed by atoms with Crippen molar-refractivity contribution in [2.75, 3.05) is 13.2 Å². The maximum absolute atomic E-state index is 10.3. The molecule has 2 aromatic carbocycles. The third kappa shape index (κ3) is 5.38. The molecule has 0 spiro atoms. The first-order valence-electron chi connectivity index (χ1n) is 8.03. The minimum absolute atomic E-state index is 0. The quantitative estimate of drug-likeness (QED) is 0.825. The zero-order valence-electron chi connectivity index (χ0n) is 14.4. The van der Waals surface area contributed by atoms with Gasteiger partial charge in [-0.25, -0.2) is 0 Å². The van der Waals surface area contributed by atoms with Crippen molar-refractivity contribution in [1.29, 1.82) is 0 Å². The Hall–Kier alpha value is -1.29. The lowest BCUT2D eigenvalue weighted by Crippen LogP contribution is -2.43. The summed E-state index contributed by atoms with van der Waals surface area (Å²) in [5, 5.41) is 12.5. The summed E-state index contributed by atoms with van der Waals surface area (Å²) in [6, 6.07) is 15.0. The fraction of sp³-hybridized carbons (Fsp3) is 0.474. The molecule has 23 heavy (non-hydrogen) atoms. The summed E-state index contributed by atoms with van der Waals surface area (Å²) < 4.78 is 5.86. The number of aliphatic hydroxyl groups is 1. The molecule has 0 bridgehead atoms. The lowest BCUT2D eigenvalue weighted by Gasteiger charge is -2.32. The third-order valence-electron chi connectivity index (χ3n) is 3.93. The molecule has 1 unspecified atom stereocenters. The van der Waals surface area contributed by atoms with E-state index in [4.69, 9.17) is 4.74 Å². The van der Waals surface area contributed by atoms with Crippen molar-refractivity contribution >= 4 is 23.2 Å². The van der Waals surface area contributed by atoms with Crippen LogP contribution in [0.5, 0.6) is 5.75 Å². The van der Waals surface area contributed by atoms with Gasteiger partial charge in [0, 0.05) is 24.0 Å². The molecule has 0 saturated carbocycles. The second kappa shape index (κ2) is 9.11. The lowest BCUT2D eigenvalue weighted by molar-refractivity contribution is 0.0449. The third-order valence-corrected chi connectivity index (χ3v) is 3.93. The van der Waals surface area contributed by atoms with E-state index in [1.807, 2.05) is 30.3 Å². The summed E-state index contributed by atoms with van der Waals surface area (Å²) in [6.07, 6.45) is -0.497. The van der Waals surface area contributed by atoms with Gasteiger partial charge in [-0.3, -0.25) is 4.90 Å². The van der Waals surface area contributed by atoms with Crippen LogP contribution in [0.15, 0.2) is 42.5 Å². The molecule has 2 aromatic rings. The van der Waals surface area contributed by atoms with Crippen molar-refractivity contribution in [1.82, 2.24) is 4.90 Å². The molecule has 0 aliphatic heterocycles. The summed E-state index contributed by atoms with van der Waals surface area (Å²) >= 11 is 0. The number of hydrogen-bond donors (Lipinski definition) is 1. The van der Waals surface area contributed by atoms with E-state index in [-0.39, 0.29) is 12.4 Å². The van der Waals surface area contributed by atoms with Gasteiger partial charge in [-0.05, 0) is 39.1 Å². The Morgan fingerprint density at radius 2 is 1.57 bits per heavy atom. The molecular weight excluding hydrogens is 310 g/mol. The normalized spacial score (nSPS) is 12.7. The van der Waals surface area contributed by atoms with Crippen LogP contribution >= 0.6 is 12.4 Å². The Balaban J connectivity index is 0.00000264. The van der Waals surface area contributed by atoms with Gasteiger partial charge in [-0.1, -0.05) is 36.4 Å². The molecule has 4 heteroatoms. The predicted molar refractivity (Wildman–Crippen MR) is 99.7 cm³/mol. The molecular formula is C19H28ClNO2. The minimum Gasteiger partial charge on any atom is -0.490 e. The molecule has 0 heterocycles. The lowest BCUT2D eigenvalue weighted by atomic mass is 10.1. The predicted octanol–water partition coefficient (Wildman–Crippen LogP) is 4.12. The highest BCUT2D eigenvalue weighted by molar-refractivity contribution is 5.88. The van der Waals surface area contributed by atoms with Crippen molar-refractivity contribution in [2.45, 2.75) is 45.9 Å². The highest BCUT2D eigenvalue weighted by Gasteiger charge is 2.18. The Morgan fingerprint density at radius 1 is 0.957 bits per heavy atom. The first-order chi connectivity index (χ1) is 10.5. The van der Waals surface area contributed by atoms with E-state index in [1.54, 1.807) is 0 Å². The smallest absolute Gasteiger partial charge is 0.127 e. The molecule has 3 nitrogen and oxygen atoms in total. The monoisotopic (exact) mass is 337 g/mol. The van der Waals surface area contributed by atoms with E-state index in [9.17, 15) is 5.11 Å². The van der Waals surface area contributed by atoms with Crippen LogP contribution in [-0.2, 0) is 0 Å². The van der Waals surface area contributed by atoms with Crippen LogP contribution in [0.3, 0.4) is 0 Å². The molecule has 0 aliphatic rings. The van der Waals surface area contributed by atoms with Gasteiger partial charge in [0.05, 0.1) is 0 Å². The van der Waals surface area contributed by atoms with Gasteiger partial charge < -0.3 is 9.84 Å². The highest BCUT2D eigenvalue weighted by Crippen LogP contribution is 2.25. The second-order valence-electron chi connectivity index (χ2n) is 6.33. The summed E-state index contributed by atoms with van der Waals surface area (Å²) in [7, 11) is 0. The average Bonchev–Trinajstić information content (AvgIpc) is 2.49. The molecule has 1 atom stereocenters. The molecule has 0 amide bonds. The molecule has 1 N–H and O–H groups in total. The number of fused-ring (bicyclic) bond motifs is 1. The standard InChI is InChI=1S/C19H27NO2.ClH/c1-14(2)20(15(3)4)12-17(21)13-22-19-11-7-9-16-8-5-6-10-18(16)19;/h5-11,14-15,17,21H,12-13H2,1-4H3;1H. The van der Waals surface area contributed by atoms with E-state index < -0.39 is 6.10 Å². The molecule has 0 aliphatic carbocycles. The van der Waals surface area contributed by atoms with Crippen molar-refractivity contribution < 1.29 is 9.84 Å². The van der Waals surface area contributed by atoms with Crippen LogP contribution < -0.4 is 4.74 Å². The number of halogens is 1. The Labute approximate surface area is 145 Å². The molecule has 0 fully saturated rings. The van der Waals surface area contributed by atoms with Gasteiger partial charge in [-0.15, -0.1) is 12.4 Å². The van der Waals surface area contributed by atoms with Crippen LogP contribution in [0.1, 0.15) is 27.7 Å². The maximum Gasteiger partial charge on any atom is 0.127 e. The molecule has 0 aromatic heterocycles. The van der Waals surface area contributed by atoms with Gasteiger partial charge >= 0.3 is 0 Å². The van der Waals surface area contributed by atoms with Gasteiger partial charge in [0.15, 0.2) is 0 Å². The number of ether oxygens (including phenoxy) is 1. The van der Waals surface area contributed by atoms with Crippen molar-refractivity contribution in [2.24, 2.45) is 0 Å². The van der Waals surface area contributed by atoms with Crippen molar-refractivity contribution in [3.8, 4) is 5.75 Å². The molecule has 0 saturated heterocycles. The van der Waals surface area contributed by atoms with Crippen LogP contribution in [-0.4, -0.2) is 41.3 Å². The number of hydrogen-bond acceptors (Lipinski definition) is 3. The van der Waals surface area contributed by atoms with E-state index >= 15 is 0 Å². The summed E-state index contributed by atoms with van der Waals surface area (Å²) in [6.45, 7) is 9.54. The largest absolute Gasteiger partial charge is 0.490 e. The highest BCUT2D eigenvalue weighted by atomic mass is 35.5. The molecule has 128 valence electrons. The van der Waals surface area contributed by atoms with Gasteiger partial charge in [0.2, 0.25) is 0 Å². The number of rotatable bonds is 7. The first kappa shape index (κ1) is 19.8. The van der Waals surface area contributed by atoms with E-state index in [1.165, 1.54) is 0 Å². The van der Waals surface area contributed by atoms with E-state index in [0.29, 0.717) is 25.2 Å². The van der Waals surface area contributed by atoms with Gasteiger partial charge in [0.25, 0.3) is 0 Å². The Morgan fingerprint density at radius 3 is 2.22 bits per heavy atom. The summed E-state index contributed by atoms with van der Waals surface area (Å²) in [5.41, 5.74) is 0. The Kier molecular flexibility index (Phi) is 7.83. The van der Waals surface area contributed by atoms with Crippen molar-refractivity contribution in [3.63, 3.8) is 0 Å². The fourth-order valence-corrected chi connectivity index (χ4v) is 2.82. The number of nitrogens with zero attached hydrogens (tertiary/aromatic N) is 1. The van der Waals surface area contributed by atoms with Crippen LogP contribution in [0.2, 0.25) is 0 Å². The zero-order chi connectivity index (χ0) is 16.1. The minimum atomic E-state index is -0.497. The summed E-state index contributed by atoms with van der Waals surface area (Å²) in [5.74, 6) is 0.831. The van der Waals surface area contributed by atoms with Gasteiger partial charge in [-0.2, -0.15) is 0 Å². The SMILES string of the molecule is CC(C)N(CC(O)COc1cccc2ccccc12)C(C)C.Cl. The summed E-state index contributed by atoms with van der Waals surface area (Å²) in [4.78, 5) is 2.27. The number of benzene rings is 2. The topological polar surface area (TPSA) is 32.7 Å². The van der Waals surface area contributed by atoms with Crippen LogP contribution in [0.25, 0.3) is 10.8 Å². The maximum atomic E-state index is 10.3. The first-order valence-corrected chi connectivity index (χ1v) is 8.03.